The van der Waals surface area contributed by atoms with Crippen molar-refractivity contribution in [3.63, 3.8) is 0 Å². The number of rotatable bonds is 4. The van der Waals surface area contributed by atoms with E-state index in [2.05, 4.69) is 133 Å². The summed E-state index contributed by atoms with van der Waals surface area (Å²) in [5.74, 6) is 0.705. The van der Waals surface area contributed by atoms with Crippen LogP contribution in [0.5, 0.6) is 0 Å². The third kappa shape index (κ3) is 4.51. The Morgan fingerprint density at radius 3 is 1.61 bits per heavy atom. The largest absolute Gasteiger partial charge is 0.455 e. The molecule has 0 unspecified atom stereocenters. The van der Waals surface area contributed by atoms with Crippen LogP contribution in [-0.2, 0) is 0 Å². The van der Waals surface area contributed by atoms with Crippen molar-refractivity contribution in [3.05, 3.63) is 170 Å². The quantitative estimate of drug-likeness (QED) is 0.183. The van der Waals surface area contributed by atoms with Crippen LogP contribution in [0, 0.1) is 0 Å². The van der Waals surface area contributed by atoms with E-state index in [4.69, 9.17) is 14.4 Å². The molecule has 0 aliphatic carbocycles. The van der Waals surface area contributed by atoms with Crippen LogP contribution in [0.25, 0.3) is 99.3 Å². The Bertz CT molecular complexity index is 2830. The highest BCUT2D eigenvalue weighted by molar-refractivity contribution is 6.32. The highest BCUT2D eigenvalue weighted by Gasteiger charge is 2.17. The first-order valence-corrected chi connectivity index (χ1v) is 16.6. The first-order valence-electron chi connectivity index (χ1n) is 16.6. The molecule has 0 amide bonds. The van der Waals surface area contributed by atoms with Crippen molar-refractivity contribution in [1.29, 1.82) is 0 Å². The molecule has 0 saturated carbocycles. The standard InChI is InChI=1S/C46H28N2O/c1-3-11-29(12-4-1)30-19-21-31(22-20-30)41-28-42(48-46(47-41)32-13-5-2-6-14-32)33-23-24-35-38-25-26-39-36-16-9-10-18-43(36)49-45(39)44(38)37-17-8-7-15-34(37)40(35)27-33/h1-28H. The van der Waals surface area contributed by atoms with E-state index in [-0.39, 0.29) is 0 Å². The highest BCUT2D eigenvalue weighted by atomic mass is 16.3. The maximum Gasteiger partial charge on any atom is 0.160 e. The first-order chi connectivity index (χ1) is 24.3. The molecule has 0 fully saturated rings. The lowest BCUT2D eigenvalue weighted by Crippen LogP contribution is -1.96. The van der Waals surface area contributed by atoms with Gasteiger partial charge >= 0.3 is 0 Å². The smallest absolute Gasteiger partial charge is 0.160 e. The second-order valence-corrected chi connectivity index (χ2v) is 12.5. The van der Waals surface area contributed by atoms with Crippen molar-refractivity contribution in [2.45, 2.75) is 0 Å². The zero-order valence-electron chi connectivity index (χ0n) is 26.5. The lowest BCUT2D eigenvalue weighted by atomic mass is 9.91. The van der Waals surface area contributed by atoms with E-state index in [9.17, 15) is 0 Å². The molecule has 3 heteroatoms. The van der Waals surface area contributed by atoms with Gasteiger partial charge in [0.2, 0.25) is 0 Å². The number of benzene rings is 8. The monoisotopic (exact) mass is 624 g/mol. The minimum absolute atomic E-state index is 0.705. The van der Waals surface area contributed by atoms with Crippen LogP contribution in [0.1, 0.15) is 0 Å². The molecule has 0 saturated heterocycles. The Balaban J connectivity index is 1.18. The molecule has 2 heterocycles. The predicted molar refractivity (Wildman–Crippen MR) is 204 cm³/mol. The van der Waals surface area contributed by atoms with Gasteiger partial charge in [0.05, 0.1) is 11.4 Å². The predicted octanol–water partition coefficient (Wildman–Crippen LogP) is 12.5. The normalized spacial score (nSPS) is 11.7. The van der Waals surface area contributed by atoms with E-state index in [0.29, 0.717) is 5.82 Å². The minimum atomic E-state index is 0.705. The Kier molecular flexibility index (Phi) is 6.18. The van der Waals surface area contributed by atoms with Gasteiger partial charge in [0.1, 0.15) is 11.2 Å². The topological polar surface area (TPSA) is 38.9 Å². The summed E-state index contributed by atoms with van der Waals surface area (Å²) >= 11 is 0. The molecule has 2 aromatic heterocycles. The van der Waals surface area contributed by atoms with Crippen molar-refractivity contribution < 1.29 is 4.42 Å². The maximum atomic E-state index is 6.54. The minimum Gasteiger partial charge on any atom is -0.455 e. The number of hydrogen-bond acceptors (Lipinski definition) is 3. The fourth-order valence-electron chi connectivity index (χ4n) is 7.30. The van der Waals surface area contributed by atoms with Crippen molar-refractivity contribution in [2.24, 2.45) is 0 Å². The molecule has 0 bridgehead atoms. The molecular weight excluding hydrogens is 597 g/mol. The molecule has 0 N–H and O–H groups in total. The van der Waals surface area contributed by atoms with Gasteiger partial charge < -0.3 is 4.42 Å². The molecule has 10 rings (SSSR count). The number of aromatic nitrogens is 2. The van der Waals surface area contributed by atoms with Crippen LogP contribution in [0.15, 0.2) is 174 Å². The van der Waals surface area contributed by atoms with E-state index in [1.165, 1.54) is 38.1 Å². The van der Waals surface area contributed by atoms with Gasteiger partial charge in [-0.25, -0.2) is 9.97 Å². The molecule has 3 nitrogen and oxygen atoms in total. The van der Waals surface area contributed by atoms with E-state index in [1.54, 1.807) is 0 Å². The van der Waals surface area contributed by atoms with Crippen LogP contribution < -0.4 is 0 Å². The van der Waals surface area contributed by atoms with Crippen LogP contribution in [-0.4, -0.2) is 9.97 Å². The molecule has 228 valence electrons. The van der Waals surface area contributed by atoms with Crippen molar-refractivity contribution in [3.8, 4) is 45.0 Å². The second kappa shape index (κ2) is 11.0. The van der Waals surface area contributed by atoms with Gasteiger partial charge in [0, 0.05) is 32.8 Å². The van der Waals surface area contributed by atoms with E-state index in [0.717, 1.165) is 55.4 Å². The zero-order valence-corrected chi connectivity index (χ0v) is 26.5. The summed E-state index contributed by atoms with van der Waals surface area (Å²) in [5.41, 5.74) is 9.07. The first kappa shape index (κ1) is 27.5. The van der Waals surface area contributed by atoms with Crippen molar-refractivity contribution in [1.82, 2.24) is 9.97 Å². The summed E-state index contributed by atoms with van der Waals surface area (Å²) in [5, 5.41) is 9.36. The van der Waals surface area contributed by atoms with Gasteiger partial charge in [0.15, 0.2) is 5.82 Å². The van der Waals surface area contributed by atoms with Crippen LogP contribution in [0.3, 0.4) is 0 Å². The number of para-hydroxylation sites is 1. The molecule has 49 heavy (non-hydrogen) atoms. The maximum absolute atomic E-state index is 6.54. The average molecular weight is 625 g/mol. The Hall–Kier alpha value is -6.58. The Morgan fingerprint density at radius 1 is 0.327 bits per heavy atom. The summed E-state index contributed by atoms with van der Waals surface area (Å²) in [6.45, 7) is 0. The van der Waals surface area contributed by atoms with Crippen molar-refractivity contribution >= 4 is 54.3 Å². The summed E-state index contributed by atoms with van der Waals surface area (Å²) in [6, 6.07) is 59.6. The fourth-order valence-corrected chi connectivity index (χ4v) is 7.30. The third-order valence-corrected chi connectivity index (χ3v) is 9.68. The number of furan rings is 1. The number of hydrogen-bond donors (Lipinski definition) is 0. The molecule has 10 aromatic rings. The lowest BCUT2D eigenvalue weighted by Gasteiger charge is -2.13. The number of fused-ring (bicyclic) bond motifs is 10. The van der Waals surface area contributed by atoms with Gasteiger partial charge in [-0.3, -0.25) is 0 Å². The Morgan fingerprint density at radius 2 is 0.837 bits per heavy atom. The van der Waals surface area contributed by atoms with E-state index in [1.807, 2.05) is 36.4 Å². The van der Waals surface area contributed by atoms with Crippen LogP contribution >= 0.6 is 0 Å². The SMILES string of the molecule is c1ccc(-c2ccc(-c3cc(-c4ccc5c(c4)c4ccccc4c4c5ccc5c6ccccc6oc54)nc(-c4ccccc4)n3)cc2)cc1. The number of nitrogens with zero attached hydrogens (tertiary/aromatic N) is 2. The Labute approximate surface area is 282 Å². The summed E-state index contributed by atoms with van der Waals surface area (Å²) in [6.07, 6.45) is 0. The molecule has 0 aliphatic heterocycles. The lowest BCUT2D eigenvalue weighted by molar-refractivity contribution is 0.673. The van der Waals surface area contributed by atoms with E-state index >= 15 is 0 Å². The molecular formula is C46H28N2O. The fraction of sp³-hybridized carbons (Fsp3) is 0. The molecule has 0 spiro atoms. The van der Waals surface area contributed by atoms with Crippen molar-refractivity contribution in [2.75, 3.05) is 0 Å². The van der Waals surface area contributed by atoms with Gasteiger partial charge in [-0.15, -0.1) is 0 Å². The van der Waals surface area contributed by atoms with Gasteiger partial charge in [0.25, 0.3) is 0 Å². The summed E-state index contributed by atoms with van der Waals surface area (Å²) in [4.78, 5) is 10.2. The van der Waals surface area contributed by atoms with Gasteiger partial charge in [-0.2, -0.15) is 0 Å². The van der Waals surface area contributed by atoms with Crippen LogP contribution in [0.4, 0.5) is 0 Å². The van der Waals surface area contributed by atoms with Gasteiger partial charge in [-0.1, -0.05) is 146 Å². The highest BCUT2D eigenvalue weighted by Crippen LogP contribution is 2.43. The third-order valence-electron chi connectivity index (χ3n) is 9.68. The molecule has 0 radical (unpaired) electrons. The molecule has 8 aromatic carbocycles. The molecule has 0 atom stereocenters. The summed E-state index contributed by atoms with van der Waals surface area (Å²) in [7, 11) is 0. The average Bonchev–Trinajstić information content (AvgIpc) is 3.57. The molecule has 0 aliphatic rings. The summed E-state index contributed by atoms with van der Waals surface area (Å²) < 4.78 is 6.54. The zero-order chi connectivity index (χ0) is 32.3. The second-order valence-electron chi connectivity index (χ2n) is 12.5. The van der Waals surface area contributed by atoms with Crippen LogP contribution in [0.2, 0.25) is 0 Å². The van der Waals surface area contributed by atoms with E-state index < -0.39 is 0 Å². The van der Waals surface area contributed by atoms with Gasteiger partial charge in [-0.05, 0) is 62.3 Å².